The molecule has 0 radical (unpaired) electrons. The summed E-state index contributed by atoms with van der Waals surface area (Å²) in [6, 6.07) is 5.08. The van der Waals surface area contributed by atoms with Crippen LogP contribution >= 0.6 is 0 Å². The molecule has 30 heavy (non-hydrogen) atoms. The van der Waals surface area contributed by atoms with Crippen molar-refractivity contribution in [1.82, 2.24) is 15.3 Å². The van der Waals surface area contributed by atoms with Gasteiger partial charge in [0, 0.05) is 35.3 Å². The number of alkyl carbamates (subject to hydrolysis) is 1. The molecule has 160 valence electrons. The number of fused-ring (bicyclic) bond motifs is 1. The van der Waals surface area contributed by atoms with Crippen LogP contribution in [0.5, 0.6) is 0 Å². The van der Waals surface area contributed by atoms with Gasteiger partial charge in [0.15, 0.2) is 14.9 Å². The number of carbonyl (C=O) groups excluding carboxylic acids is 1. The molecule has 1 saturated carbocycles. The van der Waals surface area contributed by atoms with Crippen molar-refractivity contribution in [2.45, 2.75) is 62.7 Å². The van der Waals surface area contributed by atoms with Crippen molar-refractivity contribution in [3.05, 3.63) is 24.0 Å². The summed E-state index contributed by atoms with van der Waals surface area (Å²) in [6.07, 6.45) is 4.47. The first-order chi connectivity index (χ1) is 13.9. The molecule has 1 amide bonds. The molecule has 0 unspecified atom stereocenters. The van der Waals surface area contributed by atoms with Crippen LogP contribution in [0.1, 0.15) is 45.7 Å². The molecule has 9 nitrogen and oxygen atoms in total. The Morgan fingerprint density at radius 3 is 2.60 bits per heavy atom. The second-order valence-electron chi connectivity index (χ2n) is 8.48. The lowest BCUT2D eigenvalue weighted by Crippen LogP contribution is -2.38. The lowest BCUT2D eigenvalue weighted by Gasteiger charge is -2.22. The van der Waals surface area contributed by atoms with Gasteiger partial charge in [-0.25, -0.2) is 23.2 Å². The molecule has 1 fully saturated rings. The van der Waals surface area contributed by atoms with Gasteiger partial charge in [0.1, 0.15) is 23.2 Å². The molecule has 1 aliphatic carbocycles. The van der Waals surface area contributed by atoms with E-state index in [0.717, 1.165) is 19.1 Å². The normalized spacial score (nSPS) is 19.3. The van der Waals surface area contributed by atoms with Crippen molar-refractivity contribution in [3.8, 4) is 6.07 Å². The molecule has 0 bridgehead atoms. The predicted octanol–water partition coefficient (Wildman–Crippen LogP) is 2.76. The highest BCUT2D eigenvalue weighted by Crippen LogP contribution is 2.27. The van der Waals surface area contributed by atoms with Crippen LogP contribution in [0.4, 0.5) is 10.6 Å². The Bertz CT molecular complexity index is 1120. The number of nitrogens with one attached hydrogen (secondary N) is 2. The highest BCUT2D eigenvalue weighted by atomic mass is 32.2. The average Bonchev–Trinajstić information content (AvgIpc) is 3.04. The average molecular weight is 432 g/mol. The third-order valence-electron chi connectivity index (χ3n) is 4.65. The zero-order chi connectivity index (χ0) is 22.1. The lowest BCUT2D eigenvalue weighted by atomic mass is 10.2. The lowest BCUT2D eigenvalue weighted by molar-refractivity contribution is 0.0505. The fourth-order valence-corrected chi connectivity index (χ4v) is 4.30. The van der Waals surface area contributed by atoms with Crippen LogP contribution in [-0.4, -0.2) is 48.4 Å². The van der Waals surface area contributed by atoms with E-state index in [1.807, 2.05) is 26.8 Å². The minimum absolute atomic E-state index is 0.00996. The molecule has 3 rings (SSSR count). The minimum Gasteiger partial charge on any atom is -0.444 e. The molecule has 2 aromatic heterocycles. The van der Waals surface area contributed by atoms with Crippen LogP contribution in [0, 0.1) is 11.3 Å². The van der Waals surface area contributed by atoms with Gasteiger partial charge in [-0.15, -0.1) is 0 Å². The standard InChI is InChI=1S/C20H25N5O4S/c1-20(2,3)29-19(26)25-14-6-5-13(8-14)23-17-9-16-12(11-22-17)7-15(10-21)24-18(16)30(4,27)28/h7,9,11,13-14H,5-6,8H2,1-4H3,(H,22,23)(H,25,26)/t13-,14-/m0/s1. The van der Waals surface area contributed by atoms with Crippen LogP contribution in [0.3, 0.4) is 0 Å². The number of sulfone groups is 1. The van der Waals surface area contributed by atoms with E-state index in [4.69, 9.17) is 10.00 Å². The number of ether oxygens (including phenoxy) is 1. The second-order valence-corrected chi connectivity index (χ2v) is 10.4. The molecular weight excluding hydrogens is 406 g/mol. The summed E-state index contributed by atoms with van der Waals surface area (Å²) in [5.41, 5.74) is -0.524. The van der Waals surface area contributed by atoms with E-state index in [1.165, 1.54) is 12.3 Å². The summed E-state index contributed by atoms with van der Waals surface area (Å²) < 4.78 is 29.6. The van der Waals surface area contributed by atoms with E-state index in [0.29, 0.717) is 23.0 Å². The van der Waals surface area contributed by atoms with Gasteiger partial charge in [-0.3, -0.25) is 0 Å². The molecule has 0 saturated heterocycles. The van der Waals surface area contributed by atoms with Gasteiger partial charge in [-0.2, -0.15) is 5.26 Å². The second kappa shape index (κ2) is 8.07. The summed E-state index contributed by atoms with van der Waals surface area (Å²) in [5, 5.41) is 16.1. The fraction of sp³-hybridized carbons (Fsp3) is 0.500. The van der Waals surface area contributed by atoms with Crippen LogP contribution in [-0.2, 0) is 14.6 Å². The van der Waals surface area contributed by atoms with Crippen molar-refractivity contribution in [3.63, 3.8) is 0 Å². The monoisotopic (exact) mass is 431 g/mol. The molecule has 2 heterocycles. The first-order valence-electron chi connectivity index (χ1n) is 9.61. The number of carbonyl (C=O) groups is 1. The molecule has 0 aromatic carbocycles. The predicted molar refractivity (Wildman–Crippen MR) is 112 cm³/mol. The molecule has 0 spiro atoms. The Balaban J connectivity index is 1.74. The van der Waals surface area contributed by atoms with Crippen molar-refractivity contribution >= 4 is 32.5 Å². The zero-order valence-electron chi connectivity index (χ0n) is 17.4. The number of hydrogen-bond donors (Lipinski definition) is 2. The molecule has 10 heteroatoms. The van der Waals surface area contributed by atoms with E-state index in [-0.39, 0.29) is 22.8 Å². The van der Waals surface area contributed by atoms with Crippen LogP contribution < -0.4 is 10.6 Å². The Labute approximate surface area is 175 Å². The number of pyridine rings is 2. The third kappa shape index (κ3) is 5.36. The van der Waals surface area contributed by atoms with E-state index in [1.54, 1.807) is 6.07 Å². The number of amides is 1. The highest BCUT2D eigenvalue weighted by Gasteiger charge is 2.28. The maximum absolute atomic E-state index is 12.2. The summed E-state index contributed by atoms with van der Waals surface area (Å²) in [4.78, 5) is 20.3. The molecular formula is C20H25N5O4S. The van der Waals surface area contributed by atoms with Crippen LogP contribution in [0.25, 0.3) is 10.8 Å². The summed E-state index contributed by atoms with van der Waals surface area (Å²) in [6.45, 7) is 5.45. The molecule has 0 aliphatic heterocycles. The Kier molecular flexibility index (Phi) is 5.85. The first-order valence-corrected chi connectivity index (χ1v) is 11.5. The maximum Gasteiger partial charge on any atom is 0.407 e. The smallest absolute Gasteiger partial charge is 0.407 e. The number of nitriles is 1. The van der Waals surface area contributed by atoms with Gasteiger partial charge in [-0.1, -0.05) is 0 Å². The number of hydrogen-bond acceptors (Lipinski definition) is 8. The number of aromatic nitrogens is 2. The number of rotatable bonds is 4. The van der Waals surface area contributed by atoms with Gasteiger partial charge in [-0.05, 0) is 52.2 Å². The van der Waals surface area contributed by atoms with Crippen molar-refractivity contribution < 1.29 is 17.9 Å². The fourth-order valence-electron chi connectivity index (χ4n) is 3.46. The van der Waals surface area contributed by atoms with Gasteiger partial charge >= 0.3 is 6.09 Å². The maximum atomic E-state index is 12.2. The summed E-state index contributed by atoms with van der Waals surface area (Å²) >= 11 is 0. The highest BCUT2D eigenvalue weighted by molar-refractivity contribution is 7.90. The SMILES string of the molecule is CC(C)(C)OC(=O)N[C@H]1CC[C@H](Nc2cc3c(S(C)(=O)=O)nc(C#N)cc3cn2)C1. The zero-order valence-corrected chi connectivity index (χ0v) is 18.2. The molecule has 1 aliphatic rings. The minimum atomic E-state index is -3.62. The van der Waals surface area contributed by atoms with Gasteiger partial charge in [0.05, 0.1) is 0 Å². The van der Waals surface area contributed by atoms with Gasteiger partial charge in [0.25, 0.3) is 0 Å². The number of anilines is 1. The van der Waals surface area contributed by atoms with Crippen molar-refractivity contribution in [2.75, 3.05) is 11.6 Å². The molecule has 2 atom stereocenters. The van der Waals surface area contributed by atoms with Gasteiger partial charge in [0.2, 0.25) is 0 Å². The number of nitrogens with zero attached hydrogens (tertiary/aromatic N) is 3. The molecule has 2 aromatic rings. The Hall–Kier alpha value is -2.93. The van der Waals surface area contributed by atoms with Crippen LogP contribution in [0.2, 0.25) is 0 Å². The Morgan fingerprint density at radius 1 is 1.27 bits per heavy atom. The largest absolute Gasteiger partial charge is 0.444 e. The van der Waals surface area contributed by atoms with E-state index in [9.17, 15) is 13.2 Å². The quantitative estimate of drug-likeness (QED) is 0.755. The van der Waals surface area contributed by atoms with Crippen molar-refractivity contribution in [2.24, 2.45) is 0 Å². The summed E-state index contributed by atoms with van der Waals surface area (Å²) in [5.74, 6) is 0.516. The summed E-state index contributed by atoms with van der Waals surface area (Å²) in [7, 11) is -3.62. The van der Waals surface area contributed by atoms with Gasteiger partial charge < -0.3 is 15.4 Å². The van der Waals surface area contributed by atoms with Crippen molar-refractivity contribution in [1.29, 1.82) is 5.26 Å². The van der Waals surface area contributed by atoms with E-state index in [2.05, 4.69) is 20.6 Å². The topological polar surface area (TPSA) is 134 Å². The van der Waals surface area contributed by atoms with Crippen LogP contribution in [0.15, 0.2) is 23.4 Å². The third-order valence-corrected chi connectivity index (χ3v) is 5.66. The van der Waals surface area contributed by atoms with E-state index < -0.39 is 21.5 Å². The Morgan fingerprint density at radius 2 is 1.97 bits per heavy atom. The molecule has 2 N–H and O–H groups in total. The van der Waals surface area contributed by atoms with E-state index >= 15 is 0 Å². The first kappa shape index (κ1) is 21.8.